The molecular weight excluding hydrogens is 215 g/mol. The molecule has 0 saturated carbocycles. The van der Waals surface area contributed by atoms with Crippen molar-refractivity contribution >= 4 is 10.9 Å². The summed E-state index contributed by atoms with van der Waals surface area (Å²) in [4.78, 5) is 5.49. The van der Waals surface area contributed by atoms with Crippen molar-refractivity contribution in [3.63, 3.8) is 0 Å². The minimum atomic E-state index is -0.166. The monoisotopic (exact) mass is 234 g/mol. The second kappa shape index (κ2) is 5.32. The van der Waals surface area contributed by atoms with Crippen LogP contribution in [0.1, 0.15) is 18.9 Å². The average molecular weight is 234 g/mol. The minimum absolute atomic E-state index is 0.166. The molecule has 0 fully saturated rings. The van der Waals surface area contributed by atoms with Crippen LogP contribution < -0.4 is 0 Å². The molecule has 0 amide bonds. The second-order valence-corrected chi connectivity index (χ2v) is 4.56. The van der Waals surface area contributed by atoms with Crippen molar-refractivity contribution in [2.75, 3.05) is 20.1 Å². The van der Waals surface area contributed by atoms with E-state index >= 15 is 0 Å². The lowest BCUT2D eigenvalue weighted by Gasteiger charge is -2.14. The van der Waals surface area contributed by atoms with E-state index in [0.717, 1.165) is 30.4 Å². The van der Waals surface area contributed by atoms with Crippen LogP contribution in [0.4, 0.5) is 4.39 Å². The van der Waals surface area contributed by atoms with Crippen molar-refractivity contribution in [1.82, 2.24) is 9.88 Å². The number of aromatic nitrogens is 1. The van der Waals surface area contributed by atoms with Crippen LogP contribution >= 0.6 is 0 Å². The third kappa shape index (κ3) is 2.86. The third-order valence-corrected chi connectivity index (χ3v) is 3.10. The number of aromatic amines is 1. The molecule has 92 valence electrons. The van der Waals surface area contributed by atoms with Crippen LogP contribution in [0.2, 0.25) is 0 Å². The normalized spacial score (nSPS) is 11.5. The predicted octanol–water partition coefficient (Wildman–Crippen LogP) is 3.19. The Hall–Kier alpha value is -1.35. The maximum absolute atomic E-state index is 13.2. The first-order chi connectivity index (χ1) is 8.20. The highest BCUT2D eigenvalue weighted by atomic mass is 19.1. The summed E-state index contributed by atoms with van der Waals surface area (Å²) in [6, 6.07) is 4.90. The van der Waals surface area contributed by atoms with E-state index in [0.29, 0.717) is 0 Å². The largest absolute Gasteiger partial charge is 0.361 e. The molecule has 2 aromatic rings. The van der Waals surface area contributed by atoms with E-state index in [9.17, 15) is 4.39 Å². The number of rotatable bonds is 5. The van der Waals surface area contributed by atoms with E-state index in [1.54, 1.807) is 12.1 Å². The molecule has 0 radical (unpaired) electrons. The minimum Gasteiger partial charge on any atom is -0.361 e. The van der Waals surface area contributed by atoms with E-state index in [1.165, 1.54) is 18.1 Å². The lowest BCUT2D eigenvalue weighted by molar-refractivity contribution is 0.339. The van der Waals surface area contributed by atoms with Crippen molar-refractivity contribution in [2.24, 2.45) is 0 Å². The Labute approximate surface area is 101 Å². The number of hydrogen-bond acceptors (Lipinski definition) is 1. The van der Waals surface area contributed by atoms with Crippen LogP contribution in [0.3, 0.4) is 0 Å². The van der Waals surface area contributed by atoms with E-state index in [1.807, 2.05) is 6.20 Å². The van der Waals surface area contributed by atoms with Gasteiger partial charge in [-0.05, 0) is 50.2 Å². The Morgan fingerprint density at radius 1 is 1.29 bits per heavy atom. The molecule has 1 heterocycles. The summed E-state index contributed by atoms with van der Waals surface area (Å²) < 4.78 is 13.2. The highest BCUT2D eigenvalue weighted by molar-refractivity contribution is 5.83. The average Bonchev–Trinajstić information content (AvgIpc) is 2.69. The Kier molecular flexibility index (Phi) is 3.79. The van der Waals surface area contributed by atoms with Gasteiger partial charge in [0.25, 0.3) is 0 Å². The molecule has 0 aliphatic rings. The van der Waals surface area contributed by atoms with Gasteiger partial charge in [-0.3, -0.25) is 0 Å². The Bertz CT molecular complexity index is 490. The molecule has 1 aromatic heterocycles. The van der Waals surface area contributed by atoms with Gasteiger partial charge in [-0.1, -0.05) is 6.92 Å². The zero-order valence-corrected chi connectivity index (χ0v) is 10.5. The van der Waals surface area contributed by atoms with Crippen LogP contribution in [-0.2, 0) is 6.42 Å². The Balaban J connectivity index is 2.10. The maximum Gasteiger partial charge on any atom is 0.123 e. The number of hydrogen-bond donors (Lipinski definition) is 1. The molecule has 0 unspecified atom stereocenters. The molecular formula is C14H19FN2. The summed E-state index contributed by atoms with van der Waals surface area (Å²) in [6.45, 7) is 4.30. The fourth-order valence-electron chi connectivity index (χ4n) is 2.16. The van der Waals surface area contributed by atoms with Crippen LogP contribution in [0, 0.1) is 5.82 Å². The molecule has 1 aromatic carbocycles. The molecule has 17 heavy (non-hydrogen) atoms. The van der Waals surface area contributed by atoms with Crippen molar-refractivity contribution in [3.8, 4) is 0 Å². The molecule has 2 rings (SSSR count). The van der Waals surface area contributed by atoms with Gasteiger partial charge in [0.15, 0.2) is 0 Å². The molecule has 1 N–H and O–H groups in total. The zero-order chi connectivity index (χ0) is 12.3. The topological polar surface area (TPSA) is 19.0 Å². The molecule has 0 atom stereocenters. The van der Waals surface area contributed by atoms with Gasteiger partial charge in [0.1, 0.15) is 5.82 Å². The smallest absolute Gasteiger partial charge is 0.123 e. The number of benzene rings is 1. The van der Waals surface area contributed by atoms with E-state index < -0.39 is 0 Å². The second-order valence-electron chi connectivity index (χ2n) is 4.56. The summed E-state index contributed by atoms with van der Waals surface area (Å²) in [6.07, 6.45) is 4.11. The molecule has 3 heteroatoms. The number of nitrogens with one attached hydrogen (secondary N) is 1. The van der Waals surface area contributed by atoms with Gasteiger partial charge in [-0.2, -0.15) is 0 Å². The van der Waals surface area contributed by atoms with Crippen molar-refractivity contribution < 1.29 is 4.39 Å². The molecule has 0 aliphatic heterocycles. The van der Waals surface area contributed by atoms with Crippen LogP contribution in [0.15, 0.2) is 24.4 Å². The molecule has 0 spiro atoms. The van der Waals surface area contributed by atoms with Gasteiger partial charge < -0.3 is 9.88 Å². The third-order valence-electron chi connectivity index (χ3n) is 3.10. The van der Waals surface area contributed by atoms with E-state index in [2.05, 4.69) is 23.9 Å². The van der Waals surface area contributed by atoms with E-state index in [4.69, 9.17) is 0 Å². The van der Waals surface area contributed by atoms with Crippen LogP contribution in [0.25, 0.3) is 10.9 Å². The lowest BCUT2D eigenvalue weighted by Crippen LogP contribution is -2.21. The van der Waals surface area contributed by atoms with Gasteiger partial charge in [-0.25, -0.2) is 4.39 Å². The highest BCUT2D eigenvalue weighted by Crippen LogP contribution is 2.19. The van der Waals surface area contributed by atoms with Crippen molar-refractivity contribution in [3.05, 3.63) is 35.8 Å². The number of halogens is 1. The fourth-order valence-corrected chi connectivity index (χ4v) is 2.16. The number of nitrogens with zero attached hydrogens (tertiary/aromatic N) is 1. The van der Waals surface area contributed by atoms with Crippen molar-refractivity contribution in [2.45, 2.75) is 19.8 Å². The first-order valence-corrected chi connectivity index (χ1v) is 6.14. The number of fused-ring (bicyclic) bond motifs is 1. The molecule has 0 aliphatic carbocycles. The summed E-state index contributed by atoms with van der Waals surface area (Å²) in [5, 5.41) is 1.01. The lowest BCUT2D eigenvalue weighted by atomic mass is 10.1. The number of H-pyrrole nitrogens is 1. The molecule has 0 saturated heterocycles. The molecule has 2 nitrogen and oxygen atoms in total. The predicted molar refractivity (Wildman–Crippen MR) is 69.7 cm³/mol. The highest BCUT2D eigenvalue weighted by Gasteiger charge is 2.05. The quantitative estimate of drug-likeness (QED) is 0.841. The van der Waals surface area contributed by atoms with Crippen LogP contribution in [0.5, 0.6) is 0 Å². The maximum atomic E-state index is 13.2. The van der Waals surface area contributed by atoms with E-state index in [-0.39, 0.29) is 5.82 Å². The van der Waals surface area contributed by atoms with Gasteiger partial charge in [-0.15, -0.1) is 0 Å². The van der Waals surface area contributed by atoms with Gasteiger partial charge in [0, 0.05) is 23.6 Å². The molecule has 0 bridgehead atoms. The zero-order valence-electron chi connectivity index (χ0n) is 10.5. The van der Waals surface area contributed by atoms with Gasteiger partial charge >= 0.3 is 0 Å². The fraction of sp³-hybridized carbons (Fsp3) is 0.429. The van der Waals surface area contributed by atoms with Gasteiger partial charge in [0.2, 0.25) is 0 Å². The SMILES string of the molecule is CCCN(C)CCc1c[nH]c2ccc(F)cc12. The van der Waals surface area contributed by atoms with Crippen LogP contribution in [-0.4, -0.2) is 30.0 Å². The summed E-state index contributed by atoms with van der Waals surface area (Å²) in [7, 11) is 2.12. The van der Waals surface area contributed by atoms with Gasteiger partial charge in [0.05, 0.1) is 0 Å². The first kappa shape index (κ1) is 12.1. The standard InChI is InChI=1S/C14H19FN2/c1-3-7-17(2)8-6-11-10-16-14-5-4-12(15)9-13(11)14/h4-5,9-10,16H,3,6-8H2,1-2H3. The first-order valence-electron chi connectivity index (χ1n) is 6.14. The Morgan fingerprint density at radius 2 is 2.12 bits per heavy atom. The summed E-state index contributed by atoms with van der Waals surface area (Å²) in [5.74, 6) is -0.166. The summed E-state index contributed by atoms with van der Waals surface area (Å²) in [5.41, 5.74) is 2.21. The summed E-state index contributed by atoms with van der Waals surface area (Å²) >= 11 is 0. The van der Waals surface area contributed by atoms with Crippen molar-refractivity contribution in [1.29, 1.82) is 0 Å². The Morgan fingerprint density at radius 3 is 2.88 bits per heavy atom. The number of likely N-dealkylation sites (N-methyl/N-ethyl adjacent to an activating group) is 1.